The maximum atomic E-state index is 5.68. The lowest BCUT2D eigenvalue weighted by Gasteiger charge is -2.14. The van der Waals surface area contributed by atoms with Crippen LogP contribution in [0.4, 0.5) is 0 Å². The molecule has 3 nitrogen and oxygen atoms in total. The Balaban J connectivity index is 1.87. The van der Waals surface area contributed by atoms with Crippen LogP contribution in [0, 0.1) is 18.8 Å². The van der Waals surface area contributed by atoms with Crippen molar-refractivity contribution in [3.63, 3.8) is 0 Å². The van der Waals surface area contributed by atoms with Gasteiger partial charge in [0.15, 0.2) is 0 Å². The first-order valence-electron chi connectivity index (χ1n) is 6.07. The standard InChI is InChI=1S/C13H22N2O/c1-9-4-12(9)7-15(3)8-13-5-11(6-14)10(2)16-13/h5,9,12H,4,6-8,14H2,1-3H3. The van der Waals surface area contributed by atoms with Gasteiger partial charge in [0, 0.05) is 18.7 Å². The maximum absolute atomic E-state index is 5.68. The molecule has 2 N–H and O–H groups in total. The van der Waals surface area contributed by atoms with Gasteiger partial charge in [-0.05, 0) is 38.3 Å². The van der Waals surface area contributed by atoms with Crippen molar-refractivity contribution in [3.8, 4) is 0 Å². The molecule has 0 aliphatic heterocycles. The van der Waals surface area contributed by atoms with E-state index in [1.54, 1.807) is 0 Å². The molecular formula is C13H22N2O. The lowest BCUT2D eigenvalue weighted by molar-refractivity contribution is 0.278. The average Bonchev–Trinajstić information content (AvgIpc) is 2.75. The van der Waals surface area contributed by atoms with Crippen molar-refractivity contribution in [1.29, 1.82) is 0 Å². The second-order valence-electron chi connectivity index (χ2n) is 5.17. The van der Waals surface area contributed by atoms with Gasteiger partial charge in [0.1, 0.15) is 11.5 Å². The van der Waals surface area contributed by atoms with Crippen molar-refractivity contribution in [1.82, 2.24) is 4.90 Å². The summed E-state index contributed by atoms with van der Waals surface area (Å²) in [6.45, 7) is 6.94. The fraction of sp³-hybridized carbons (Fsp3) is 0.692. The van der Waals surface area contributed by atoms with Gasteiger partial charge in [-0.1, -0.05) is 6.92 Å². The van der Waals surface area contributed by atoms with Crippen molar-refractivity contribution < 1.29 is 4.42 Å². The van der Waals surface area contributed by atoms with E-state index in [-0.39, 0.29) is 0 Å². The molecule has 1 aromatic rings. The zero-order chi connectivity index (χ0) is 11.7. The van der Waals surface area contributed by atoms with Gasteiger partial charge in [-0.2, -0.15) is 0 Å². The first-order chi connectivity index (χ1) is 7.60. The molecule has 0 saturated heterocycles. The molecule has 3 heteroatoms. The van der Waals surface area contributed by atoms with Crippen LogP contribution in [0.1, 0.15) is 30.4 Å². The van der Waals surface area contributed by atoms with Gasteiger partial charge in [0.2, 0.25) is 0 Å². The van der Waals surface area contributed by atoms with E-state index in [9.17, 15) is 0 Å². The number of nitrogens with zero attached hydrogens (tertiary/aromatic N) is 1. The van der Waals surface area contributed by atoms with E-state index in [1.807, 2.05) is 6.92 Å². The summed E-state index contributed by atoms with van der Waals surface area (Å²) in [5.74, 6) is 3.81. The molecular weight excluding hydrogens is 200 g/mol. The summed E-state index contributed by atoms with van der Waals surface area (Å²) in [7, 11) is 2.16. The molecule has 1 aromatic heterocycles. The molecule has 1 aliphatic rings. The zero-order valence-corrected chi connectivity index (χ0v) is 10.5. The SMILES string of the molecule is Cc1oc(CN(C)CC2CC2C)cc1CN. The maximum Gasteiger partial charge on any atom is 0.118 e. The minimum atomic E-state index is 0.568. The summed E-state index contributed by atoms with van der Waals surface area (Å²) in [5.41, 5.74) is 6.76. The van der Waals surface area contributed by atoms with Crippen molar-refractivity contribution in [2.75, 3.05) is 13.6 Å². The van der Waals surface area contributed by atoms with Gasteiger partial charge in [-0.3, -0.25) is 4.90 Å². The monoisotopic (exact) mass is 222 g/mol. The molecule has 16 heavy (non-hydrogen) atoms. The summed E-state index contributed by atoms with van der Waals surface area (Å²) in [4.78, 5) is 2.34. The minimum absolute atomic E-state index is 0.568. The summed E-state index contributed by atoms with van der Waals surface area (Å²) < 4.78 is 5.68. The van der Waals surface area contributed by atoms with E-state index >= 15 is 0 Å². The fourth-order valence-electron chi connectivity index (χ4n) is 2.25. The first kappa shape index (κ1) is 11.7. The van der Waals surface area contributed by atoms with Crippen LogP contribution in [0.15, 0.2) is 10.5 Å². The second kappa shape index (κ2) is 4.60. The smallest absolute Gasteiger partial charge is 0.118 e. The summed E-state index contributed by atoms with van der Waals surface area (Å²) in [5, 5.41) is 0. The van der Waals surface area contributed by atoms with Crippen molar-refractivity contribution >= 4 is 0 Å². The van der Waals surface area contributed by atoms with Crippen LogP contribution >= 0.6 is 0 Å². The highest BCUT2D eigenvalue weighted by Gasteiger charge is 2.33. The quantitative estimate of drug-likeness (QED) is 0.830. The van der Waals surface area contributed by atoms with Crippen LogP contribution in [-0.4, -0.2) is 18.5 Å². The van der Waals surface area contributed by atoms with Crippen LogP contribution in [0.2, 0.25) is 0 Å². The van der Waals surface area contributed by atoms with Crippen molar-refractivity contribution in [2.45, 2.75) is 33.4 Å². The van der Waals surface area contributed by atoms with Gasteiger partial charge >= 0.3 is 0 Å². The lowest BCUT2D eigenvalue weighted by atomic mass is 10.2. The molecule has 1 fully saturated rings. The average molecular weight is 222 g/mol. The molecule has 0 aromatic carbocycles. The van der Waals surface area contributed by atoms with E-state index in [1.165, 1.54) is 13.0 Å². The predicted molar refractivity (Wildman–Crippen MR) is 64.9 cm³/mol. The Labute approximate surface area is 97.6 Å². The van der Waals surface area contributed by atoms with Gasteiger partial charge in [-0.15, -0.1) is 0 Å². The highest BCUT2D eigenvalue weighted by Crippen LogP contribution is 2.38. The molecule has 0 bridgehead atoms. The zero-order valence-electron chi connectivity index (χ0n) is 10.5. The summed E-state index contributed by atoms with van der Waals surface area (Å²) >= 11 is 0. The van der Waals surface area contributed by atoms with Gasteiger partial charge in [-0.25, -0.2) is 0 Å². The third kappa shape index (κ3) is 2.66. The Morgan fingerprint density at radius 2 is 2.25 bits per heavy atom. The number of hydrogen-bond acceptors (Lipinski definition) is 3. The summed E-state index contributed by atoms with van der Waals surface area (Å²) in [6.07, 6.45) is 1.38. The highest BCUT2D eigenvalue weighted by molar-refractivity contribution is 5.20. The topological polar surface area (TPSA) is 42.4 Å². The van der Waals surface area contributed by atoms with Gasteiger partial charge in [0.25, 0.3) is 0 Å². The van der Waals surface area contributed by atoms with E-state index in [2.05, 4.69) is 24.9 Å². The molecule has 2 rings (SSSR count). The van der Waals surface area contributed by atoms with Crippen molar-refractivity contribution in [3.05, 3.63) is 23.2 Å². The number of hydrogen-bond donors (Lipinski definition) is 1. The Morgan fingerprint density at radius 1 is 1.56 bits per heavy atom. The minimum Gasteiger partial charge on any atom is -0.465 e. The second-order valence-corrected chi connectivity index (χ2v) is 5.17. The van der Waals surface area contributed by atoms with Gasteiger partial charge in [0.05, 0.1) is 6.54 Å². The molecule has 2 atom stereocenters. The molecule has 1 saturated carbocycles. The summed E-state index contributed by atoms with van der Waals surface area (Å²) in [6, 6.07) is 2.09. The Morgan fingerprint density at radius 3 is 2.75 bits per heavy atom. The number of rotatable bonds is 5. The van der Waals surface area contributed by atoms with Crippen LogP contribution in [-0.2, 0) is 13.1 Å². The molecule has 0 amide bonds. The molecule has 1 heterocycles. The third-order valence-electron chi connectivity index (χ3n) is 3.54. The number of aryl methyl sites for hydroxylation is 1. The predicted octanol–water partition coefficient (Wildman–Crippen LogP) is 2.13. The first-order valence-corrected chi connectivity index (χ1v) is 6.07. The van der Waals surface area contributed by atoms with Crippen molar-refractivity contribution in [2.24, 2.45) is 17.6 Å². The van der Waals surface area contributed by atoms with E-state index < -0.39 is 0 Å². The Hall–Kier alpha value is -0.800. The lowest BCUT2D eigenvalue weighted by Crippen LogP contribution is -2.20. The van der Waals surface area contributed by atoms with Crippen LogP contribution in [0.5, 0.6) is 0 Å². The van der Waals surface area contributed by atoms with Crippen LogP contribution in [0.25, 0.3) is 0 Å². The largest absolute Gasteiger partial charge is 0.465 e. The normalized spacial score (nSPS) is 24.1. The highest BCUT2D eigenvalue weighted by atomic mass is 16.3. The number of nitrogens with two attached hydrogens (primary N) is 1. The number of furan rings is 1. The Kier molecular flexibility index (Phi) is 3.36. The molecule has 90 valence electrons. The Bertz CT molecular complexity index is 359. The fourth-order valence-corrected chi connectivity index (χ4v) is 2.25. The van der Waals surface area contributed by atoms with E-state index in [4.69, 9.17) is 10.2 Å². The van der Waals surface area contributed by atoms with E-state index in [0.717, 1.165) is 35.5 Å². The van der Waals surface area contributed by atoms with E-state index in [0.29, 0.717) is 6.54 Å². The van der Waals surface area contributed by atoms with Crippen LogP contribution in [0.3, 0.4) is 0 Å². The molecule has 0 radical (unpaired) electrons. The third-order valence-corrected chi connectivity index (χ3v) is 3.54. The van der Waals surface area contributed by atoms with Gasteiger partial charge < -0.3 is 10.2 Å². The molecule has 0 spiro atoms. The molecule has 2 unspecified atom stereocenters. The van der Waals surface area contributed by atoms with Crippen LogP contribution < -0.4 is 5.73 Å². The molecule has 1 aliphatic carbocycles.